The standard InChI is InChI=1S/C37H61N5O10/c1-10-30(44)49-18-19-50-32(46)13-16-37(8,9)21-25(2)14-17-38-35(48)52-28(5)24-51-31(45)12-11-15-36(6,7)22-26(3)23-39-34(47)42-33-40-27(4)20-29(43)41-33/h10,20,25-26,28H,1,11-19,21-24H2,2-9H3,(H,38,48)(H3,39,40,41,42,43,47). The van der Waals surface area contributed by atoms with Gasteiger partial charge in [0, 0.05) is 43.8 Å². The molecule has 0 spiro atoms. The van der Waals surface area contributed by atoms with Crippen molar-refractivity contribution in [1.29, 1.82) is 0 Å². The number of aryl methyl sites for hydroxylation is 1. The average molecular weight is 736 g/mol. The number of ether oxygens (including phenoxy) is 4. The first-order chi connectivity index (χ1) is 24.3. The molecule has 1 aromatic heterocycles. The number of carbonyl (C=O) groups excluding carboxylic acids is 5. The van der Waals surface area contributed by atoms with Crippen LogP contribution in [0.5, 0.6) is 0 Å². The van der Waals surface area contributed by atoms with Crippen molar-refractivity contribution in [1.82, 2.24) is 20.6 Å². The van der Waals surface area contributed by atoms with E-state index in [1.807, 2.05) is 6.92 Å². The second-order valence-electron chi connectivity index (χ2n) is 15.1. The van der Waals surface area contributed by atoms with Gasteiger partial charge in [-0.3, -0.25) is 24.7 Å². The van der Waals surface area contributed by atoms with Gasteiger partial charge in [0.05, 0.1) is 0 Å². The number of hydrogen-bond acceptors (Lipinski definition) is 11. The minimum absolute atomic E-state index is 0.00272. The molecular weight excluding hydrogens is 674 g/mol. The lowest BCUT2D eigenvalue weighted by atomic mass is 9.79. The number of esters is 3. The molecule has 0 bridgehead atoms. The Labute approximate surface area is 307 Å². The quantitative estimate of drug-likeness (QED) is 0.0447. The fourth-order valence-corrected chi connectivity index (χ4v) is 5.86. The van der Waals surface area contributed by atoms with E-state index in [0.717, 1.165) is 31.8 Å². The summed E-state index contributed by atoms with van der Waals surface area (Å²) < 4.78 is 20.5. The van der Waals surface area contributed by atoms with Gasteiger partial charge >= 0.3 is 30.0 Å². The Hall–Kier alpha value is -4.43. The molecule has 0 radical (unpaired) electrons. The minimum atomic E-state index is -0.613. The van der Waals surface area contributed by atoms with E-state index in [9.17, 15) is 28.8 Å². The summed E-state index contributed by atoms with van der Waals surface area (Å²) in [6, 6.07) is 0.880. The highest BCUT2D eigenvalue weighted by Crippen LogP contribution is 2.32. The van der Waals surface area contributed by atoms with Crippen LogP contribution < -0.4 is 21.5 Å². The number of aromatic amines is 1. The third kappa shape index (κ3) is 22.4. The molecule has 15 nitrogen and oxygen atoms in total. The monoisotopic (exact) mass is 735 g/mol. The summed E-state index contributed by atoms with van der Waals surface area (Å²) in [4.78, 5) is 78.0. The van der Waals surface area contributed by atoms with Gasteiger partial charge in [-0.05, 0) is 75.0 Å². The molecule has 3 atom stereocenters. The number of hydrogen-bond donors (Lipinski definition) is 4. The van der Waals surface area contributed by atoms with Crippen LogP contribution in [0.3, 0.4) is 0 Å². The largest absolute Gasteiger partial charge is 0.462 e. The van der Waals surface area contributed by atoms with Crippen molar-refractivity contribution in [2.75, 3.05) is 38.2 Å². The highest BCUT2D eigenvalue weighted by atomic mass is 16.6. The second-order valence-corrected chi connectivity index (χ2v) is 15.1. The maximum Gasteiger partial charge on any atom is 0.407 e. The normalized spacial score (nSPS) is 13.2. The van der Waals surface area contributed by atoms with E-state index in [2.05, 4.69) is 67.1 Å². The van der Waals surface area contributed by atoms with Gasteiger partial charge in [0.15, 0.2) is 0 Å². The molecule has 0 aliphatic rings. The van der Waals surface area contributed by atoms with E-state index in [-0.39, 0.29) is 78.8 Å². The van der Waals surface area contributed by atoms with Gasteiger partial charge in [-0.25, -0.2) is 19.4 Å². The number of anilines is 1. The van der Waals surface area contributed by atoms with Crippen LogP contribution >= 0.6 is 0 Å². The fourth-order valence-electron chi connectivity index (χ4n) is 5.86. The lowest BCUT2D eigenvalue weighted by Gasteiger charge is -2.28. The average Bonchev–Trinajstić information content (AvgIpc) is 3.02. The number of rotatable bonds is 24. The number of H-pyrrole nitrogens is 1. The van der Waals surface area contributed by atoms with Gasteiger partial charge in [0.2, 0.25) is 5.95 Å². The number of urea groups is 1. The molecule has 0 aliphatic carbocycles. The summed E-state index contributed by atoms with van der Waals surface area (Å²) in [5.74, 6) is -0.752. The zero-order chi connectivity index (χ0) is 39.3. The van der Waals surface area contributed by atoms with Gasteiger partial charge in [0.1, 0.15) is 25.9 Å². The smallest absolute Gasteiger partial charge is 0.407 e. The van der Waals surface area contributed by atoms with Crippen LogP contribution in [0.2, 0.25) is 0 Å². The number of amides is 3. The third-order valence-corrected chi connectivity index (χ3v) is 8.21. The molecule has 0 aromatic carbocycles. The maximum absolute atomic E-state index is 12.3. The summed E-state index contributed by atoms with van der Waals surface area (Å²) in [7, 11) is 0. The second kappa shape index (κ2) is 23.2. The Bertz CT molecular complexity index is 1380. The maximum atomic E-state index is 12.3. The Morgan fingerprint density at radius 3 is 2.21 bits per heavy atom. The molecule has 3 amide bonds. The van der Waals surface area contributed by atoms with Crippen molar-refractivity contribution in [3.8, 4) is 0 Å². The Morgan fingerprint density at radius 1 is 0.904 bits per heavy atom. The van der Waals surface area contributed by atoms with Gasteiger partial charge < -0.3 is 29.6 Å². The van der Waals surface area contributed by atoms with Gasteiger partial charge in [-0.15, -0.1) is 0 Å². The van der Waals surface area contributed by atoms with Gasteiger partial charge in [-0.1, -0.05) is 48.1 Å². The predicted molar refractivity (Wildman–Crippen MR) is 196 cm³/mol. The molecule has 1 aromatic rings. The van der Waals surface area contributed by atoms with Crippen molar-refractivity contribution in [3.05, 3.63) is 34.8 Å². The van der Waals surface area contributed by atoms with E-state index in [1.165, 1.54) is 6.07 Å². The van der Waals surface area contributed by atoms with Crippen LogP contribution in [0.15, 0.2) is 23.5 Å². The van der Waals surface area contributed by atoms with Crippen LogP contribution in [0.1, 0.15) is 106 Å². The van der Waals surface area contributed by atoms with Crippen molar-refractivity contribution in [3.63, 3.8) is 0 Å². The first-order valence-corrected chi connectivity index (χ1v) is 18.0. The summed E-state index contributed by atoms with van der Waals surface area (Å²) in [5, 5.41) is 8.08. The fraction of sp³-hybridized carbons (Fsp3) is 0.703. The van der Waals surface area contributed by atoms with E-state index in [4.69, 9.17) is 18.9 Å². The predicted octanol–water partition coefficient (Wildman–Crippen LogP) is 5.58. The Kier molecular flexibility index (Phi) is 20.3. The Morgan fingerprint density at radius 2 is 1.54 bits per heavy atom. The van der Waals surface area contributed by atoms with Crippen LogP contribution in [-0.4, -0.2) is 79.0 Å². The van der Waals surface area contributed by atoms with Gasteiger partial charge in [0.25, 0.3) is 5.56 Å². The molecule has 4 N–H and O–H groups in total. The summed E-state index contributed by atoms with van der Waals surface area (Å²) in [6.07, 6.45) is 4.75. The van der Waals surface area contributed by atoms with E-state index in [0.29, 0.717) is 31.6 Å². The summed E-state index contributed by atoms with van der Waals surface area (Å²) >= 11 is 0. The van der Waals surface area contributed by atoms with Crippen LogP contribution in [-0.2, 0) is 33.3 Å². The van der Waals surface area contributed by atoms with Crippen molar-refractivity contribution >= 4 is 36.0 Å². The lowest BCUT2D eigenvalue weighted by Crippen LogP contribution is -2.34. The molecule has 15 heteroatoms. The van der Waals surface area contributed by atoms with E-state index < -0.39 is 24.2 Å². The first kappa shape index (κ1) is 45.6. The molecule has 0 saturated heterocycles. The molecule has 52 heavy (non-hydrogen) atoms. The summed E-state index contributed by atoms with van der Waals surface area (Å²) in [5.41, 5.74) is -0.0468. The molecule has 294 valence electrons. The molecule has 3 unspecified atom stereocenters. The van der Waals surface area contributed by atoms with Crippen LogP contribution in [0.4, 0.5) is 15.5 Å². The topological polar surface area (TPSA) is 204 Å². The van der Waals surface area contributed by atoms with Crippen molar-refractivity contribution < 1.29 is 42.9 Å². The number of alkyl carbamates (subject to hydrolysis) is 1. The molecule has 0 saturated carbocycles. The Balaban J connectivity index is 2.21. The highest BCUT2D eigenvalue weighted by molar-refractivity contribution is 5.87. The van der Waals surface area contributed by atoms with E-state index >= 15 is 0 Å². The number of aromatic nitrogens is 2. The lowest BCUT2D eigenvalue weighted by molar-refractivity contribution is -0.150. The van der Waals surface area contributed by atoms with Gasteiger partial charge in [-0.2, -0.15) is 0 Å². The third-order valence-electron chi connectivity index (χ3n) is 8.21. The van der Waals surface area contributed by atoms with E-state index in [1.54, 1.807) is 13.8 Å². The molecule has 1 heterocycles. The SMILES string of the molecule is C=CC(=O)OCCOC(=O)CCC(C)(C)CC(C)CCNC(=O)OC(C)COC(=O)CCCC(C)(C)CC(C)CNC(=O)Nc1nc(C)cc(=O)[nH]1. The zero-order valence-corrected chi connectivity index (χ0v) is 32.3. The molecule has 1 rings (SSSR count). The number of nitrogens with one attached hydrogen (secondary N) is 4. The summed E-state index contributed by atoms with van der Waals surface area (Å²) in [6.45, 7) is 19.9. The minimum Gasteiger partial charge on any atom is -0.462 e. The number of nitrogens with zero attached hydrogens (tertiary/aromatic N) is 1. The van der Waals surface area contributed by atoms with Crippen molar-refractivity contribution in [2.24, 2.45) is 22.7 Å². The first-order valence-electron chi connectivity index (χ1n) is 18.0. The zero-order valence-electron chi connectivity index (χ0n) is 32.3. The molecule has 0 fully saturated rings. The van der Waals surface area contributed by atoms with Crippen LogP contribution in [0.25, 0.3) is 0 Å². The van der Waals surface area contributed by atoms with Crippen LogP contribution in [0, 0.1) is 29.6 Å². The molecular formula is C37H61N5O10. The highest BCUT2D eigenvalue weighted by Gasteiger charge is 2.24. The molecule has 0 aliphatic heterocycles. The van der Waals surface area contributed by atoms with Crippen molar-refractivity contribution in [2.45, 2.75) is 113 Å². The number of carbonyl (C=O) groups is 5.